The largest absolute Gasteiger partial charge is 0.490 e. The molecular weight excluding hydrogens is 467 g/mol. The first-order valence-electron chi connectivity index (χ1n) is 10.3. The third kappa shape index (κ3) is 8.50. The van der Waals surface area contributed by atoms with Crippen LogP contribution in [0.5, 0.6) is 0 Å². The highest BCUT2D eigenvalue weighted by Gasteiger charge is 2.38. The highest BCUT2D eigenvalue weighted by molar-refractivity contribution is 6.01. The molecule has 186 valence electrons. The Balaban J connectivity index is 0.000000540. The monoisotopic (exact) mass is 491 g/mol. The number of rotatable bonds is 5. The number of anilines is 2. The minimum atomic E-state index is -5.08. The quantitative estimate of drug-likeness (QED) is 0.349. The lowest BCUT2D eigenvalue weighted by Crippen LogP contribution is -2.30. The molecule has 0 unspecified atom stereocenters. The summed E-state index contributed by atoms with van der Waals surface area (Å²) in [5, 5.41) is 22.4. The maximum absolute atomic E-state index is 12.3. The molecule has 1 heterocycles. The summed E-state index contributed by atoms with van der Waals surface area (Å²) in [4.78, 5) is 33.3. The van der Waals surface area contributed by atoms with Gasteiger partial charge in [-0.15, -0.1) is 0 Å². The number of aromatic nitrogens is 2. The molecule has 3 aromatic rings. The number of aliphatic carboxylic acids is 1. The zero-order valence-electron chi connectivity index (χ0n) is 19.0. The fraction of sp³-hybridized carbons (Fsp3) is 0.217. The number of amides is 3. The van der Waals surface area contributed by atoms with Crippen LogP contribution in [0.4, 0.5) is 29.3 Å². The van der Waals surface area contributed by atoms with Crippen molar-refractivity contribution in [3.8, 4) is 11.1 Å². The summed E-state index contributed by atoms with van der Waals surface area (Å²) in [6.07, 6.45) is -3.31. The molecule has 0 saturated heterocycles. The van der Waals surface area contributed by atoms with Gasteiger partial charge in [-0.25, -0.2) is 9.59 Å². The maximum Gasteiger partial charge on any atom is 0.490 e. The van der Waals surface area contributed by atoms with Gasteiger partial charge in [0.1, 0.15) is 0 Å². The molecule has 3 amide bonds. The van der Waals surface area contributed by atoms with Crippen molar-refractivity contribution < 1.29 is 32.7 Å². The van der Waals surface area contributed by atoms with E-state index in [0.717, 1.165) is 16.8 Å². The molecule has 0 aliphatic carbocycles. The van der Waals surface area contributed by atoms with Gasteiger partial charge >= 0.3 is 18.2 Å². The van der Waals surface area contributed by atoms with Gasteiger partial charge in [-0.1, -0.05) is 18.2 Å². The number of carbonyl (C=O) groups excluding carboxylic acids is 2. The third-order valence-corrected chi connectivity index (χ3v) is 4.33. The molecule has 9 nitrogen and oxygen atoms in total. The molecule has 0 atom stereocenters. The second-order valence-electron chi connectivity index (χ2n) is 7.58. The number of aryl methyl sites for hydroxylation is 1. The van der Waals surface area contributed by atoms with E-state index >= 15 is 0 Å². The van der Waals surface area contributed by atoms with Crippen molar-refractivity contribution in [3.05, 3.63) is 66.0 Å². The molecule has 0 aliphatic heterocycles. The van der Waals surface area contributed by atoms with Gasteiger partial charge in [0, 0.05) is 34.2 Å². The zero-order valence-corrected chi connectivity index (χ0v) is 19.0. The molecule has 5 N–H and O–H groups in total. The molecule has 0 radical (unpaired) electrons. The van der Waals surface area contributed by atoms with Crippen LogP contribution in [0.3, 0.4) is 0 Å². The summed E-state index contributed by atoms with van der Waals surface area (Å²) in [5.74, 6) is -2.93. The van der Waals surface area contributed by atoms with Gasteiger partial charge in [-0.05, 0) is 56.7 Å². The number of halogens is 3. The highest BCUT2D eigenvalue weighted by atomic mass is 19.4. The normalized spacial score (nSPS) is 10.7. The molecule has 0 bridgehead atoms. The van der Waals surface area contributed by atoms with Gasteiger partial charge in [0.05, 0.1) is 6.20 Å². The van der Waals surface area contributed by atoms with Crippen molar-refractivity contribution in [2.75, 3.05) is 10.6 Å². The van der Waals surface area contributed by atoms with Crippen molar-refractivity contribution in [3.63, 3.8) is 0 Å². The fourth-order valence-corrected chi connectivity index (χ4v) is 2.75. The van der Waals surface area contributed by atoms with Crippen molar-refractivity contribution in [2.24, 2.45) is 0 Å². The van der Waals surface area contributed by atoms with E-state index in [1.165, 1.54) is 0 Å². The first-order valence-corrected chi connectivity index (χ1v) is 10.3. The summed E-state index contributed by atoms with van der Waals surface area (Å²) in [7, 11) is 0. The number of aromatic amines is 1. The molecule has 12 heteroatoms. The third-order valence-electron chi connectivity index (χ3n) is 4.33. The van der Waals surface area contributed by atoms with E-state index in [4.69, 9.17) is 9.90 Å². The van der Waals surface area contributed by atoms with Crippen LogP contribution < -0.4 is 16.0 Å². The number of alkyl halides is 3. The summed E-state index contributed by atoms with van der Waals surface area (Å²) in [5.41, 5.74) is 4.72. The lowest BCUT2D eigenvalue weighted by molar-refractivity contribution is -0.192. The van der Waals surface area contributed by atoms with E-state index in [-0.39, 0.29) is 18.0 Å². The molecule has 2 aromatic carbocycles. The lowest BCUT2D eigenvalue weighted by Gasteiger charge is -2.11. The first-order chi connectivity index (χ1) is 16.4. The number of benzene rings is 2. The average Bonchev–Trinajstić information content (AvgIpc) is 3.19. The number of carbonyl (C=O) groups is 3. The van der Waals surface area contributed by atoms with E-state index in [1.54, 1.807) is 30.5 Å². The topological polar surface area (TPSA) is 136 Å². The molecule has 0 fully saturated rings. The van der Waals surface area contributed by atoms with Crippen molar-refractivity contribution >= 4 is 29.3 Å². The Bertz CT molecular complexity index is 1170. The van der Waals surface area contributed by atoms with E-state index in [0.29, 0.717) is 16.9 Å². The Morgan fingerprint density at radius 1 is 1.00 bits per heavy atom. The molecular formula is C23H24F3N5O4. The van der Waals surface area contributed by atoms with Crippen molar-refractivity contribution in [1.82, 2.24) is 15.5 Å². The SMILES string of the molecule is Cc1[nH]ncc1-c1ccc(NC(=O)Nc2cccc(C(=O)NC(C)C)c2)cc1.O=C(O)C(F)(F)F. The minimum Gasteiger partial charge on any atom is -0.475 e. The smallest absolute Gasteiger partial charge is 0.475 e. The Hall–Kier alpha value is -4.35. The standard InChI is InChI=1S/C21H23N5O2.C2HF3O2/c1-13(2)23-20(27)16-5-4-6-18(11-16)25-21(28)24-17-9-7-15(8-10-17)19-12-22-26-14(19)3;3-2(4,5)1(6)7/h4-13H,1-3H3,(H,22,26)(H,23,27)(H2,24,25,28);(H,6,7). The van der Waals surface area contributed by atoms with Crippen LogP contribution in [0.25, 0.3) is 11.1 Å². The molecule has 0 aliphatic rings. The van der Waals surface area contributed by atoms with E-state index in [9.17, 15) is 22.8 Å². The van der Waals surface area contributed by atoms with Gasteiger partial charge in [0.15, 0.2) is 0 Å². The number of H-pyrrole nitrogens is 1. The van der Waals surface area contributed by atoms with Gasteiger partial charge in [-0.2, -0.15) is 18.3 Å². The number of nitrogens with one attached hydrogen (secondary N) is 4. The summed E-state index contributed by atoms with van der Waals surface area (Å²) < 4.78 is 31.7. The second kappa shape index (κ2) is 11.7. The van der Waals surface area contributed by atoms with Crippen LogP contribution in [-0.2, 0) is 4.79 Å². The van der Waals surface area contributed by atoms with Crippen LogP contribution in [0.1, 0.15) is 29.9 Å². The predicted molar refractivity (Wildman–Crippen MR) is 124 cm³/mol. The van der Waals surface area contributed by atoms with Gasteiger partial charge < -0.3 is 21.1 Å². The zero-order chi connectivity index (χ0) is 26.2. The van der Waals surface area contributed by atoms with Crippen LogP contribution in [-0.4, -0.2) is 45.4 Å². The van der Waals surface area contributed by atoms with Gasteiger partial charge in [0.25, 0.3) is 5.91 Å². The van der Waals surface area contributed by atoms with Gasteiger partial charge in [-0.3, -0.25) is 9.89 Å². The molecule has 0 saturated carbocycles. The fourth-order valence-electron chi connectivity index (χ4n) is 2.75. The Labute approximate surface area is 198 Å². The average molecular weight is 491 g/mol. The number of urea groups is 1. The summed E-state index contributed by atoms with van der Waals surface area (Å²) >= 11 is 0. The number of hydrogen-bond donors (Lipinski definition) is 5. The molecule has 1 aromatic heterocycles. The van der Waals surface area contributed by atoms with Crippen LogP contribution in [0.15, 0.2) is 54.7 Å². The number of nitrogens with zero attached hydrogens (tertiary/aromatic N) is 1. The van der Waals surface area contributed by atoms with E-state index < -0.39 is 12.1 Å². The summed E-state index contributed by atoms with van der Waals surface area (Å²) in [6.45, 7) is 5.75. The first kappa shape index (κ1) is 26.9. The molecule has 35 heavy (non-hydrogen) atoms. The Kier molecular flexibility index (Phi) is 8.98. The number of hydrogen-bond acceptors (Lipinski definition) is 4. The molecule has 3 rings (SSSR count). The van der Waals surface area contributed by atoms with Crippen LogP contribution >= 0.6 is 0 Å². The van der Waals surface area contributed by atoms with E-state index in [2.05, 4.69) is 26.1 Å². The molecule has 0 spiro atoms. The predicted octanol–water partition coefficient (Wildman–Crippen LogP) is 4.80. The number of carboxylic acids is 1. The van der Waals surface area contributed by atoms with E-state index in [1.807, 2.05) is 45.0 Å². The van der Waals surface area contributed by atoms with Crippen molar-refractivity contribution in [1.29, 1.82) is 0 Å². The van der Waals surface area contributed by atoms with Crippen LogP contribution in [0, 0.1) is 6.92 Å². The Morgan fingerprint density at radius 2 is 1.60 bits per heavy atom. The summed E-state index contributed by atoms with van der Waals surface area (Å²) in [6, 6.07) is 14.0. The highest BCUT2D eigenvalue weighted by Crippen LogP contribution is 2.23. The Morgan fingerprint density at radius 3 is 2.11 bits per heavy atom. The number of carboxylic acid groups (broad SMARTS) is 1. The second-order valence-corrected chi connectivity index (χ2v) is 7.58. The lowest BCUT2D eigenvalue weighted by atomic mass is 10.1. The van der Waals surface area contributed by atoms with Crippen LogP contribution in [0.2, 0.25) is 0 Å². The van der Waals surface area contributed by atoms with Gasteiger partial charge in [0.2, 0.25) is 0 Å². The maximum atomic E-state index is 12.3. The van der Waals surface area contributed by atoms with Crippen molar-refractivity contribution in [2.45, 2.75) is 33.0 Å². The minimum absolute atomic E-state index is 0.0428.